The van der Waals surface area contributed by atoms with E-state index in [1.165, 1.54) is 6.42 Å². The molecule has 47 heavy (non-hydrogen) atoms. The van der Waals surface area contributed by atoms with Gasteiger partial charge in [-0.2, -0.15) is 0 Å². The molecule has 2 heterocycles. The van der Waals surface area contributed by atoms with Crippen LogP contribution in [0.3, 0.4) is 0 Å². The number of hydrogen-bond donors (Lipinski definition) is 1. The molecular formula is C39H53N5O3. The van der Waals surface area contributed by atoms with Crippen molar-refractivity contribution in [3.05, 3.63) is 89.2 Å². The second-order valence-corrected chi connectivity index (χ2v) is 14.2. The fourth-order valence-corrected chi connectivity index (χ4v) is 7.08. The van der Waals surface area contributed by atoms with E-state index in [1.54, 1.807) is 0 Å². The third-order valence-electron chi connectivity index (χ3n) is 9.88. The Bertz CT molecular complexity index is 1430. The quantitative estimate of drug-likeness (QED) is 0.174. The predicted octanol–water partition coefficient (Wildman–Crippen LogP) is 7.42. The van der Waals surface area contributed by atoms with Crippen molar-refractivity contribution in [3.63, 3.8) is 0 Å². The summed E-state index contributed by atoms with van der Waals surface area (Å²) in [5, 5.41) is 3.39. The Labute approximate surface area is 281 Å². The van der Waals surface area contributed by atoms with Crippen molar-refractivity contribution in [3.8, 4) is 5.75 Å². The lowest BCUT2D eigenvalue weighted by Crippen LogP contribution is -2.46. The third-order valence-corrected chi connectivity index (χ3v) is 9.88. The van der Waals surface area contributed by atoms with Gasteiger partial charge < -0.3 is 19.9 Å². The number of hydrogen-bond acceptors (Lipinski definition) is 6. The minimum atomic E-state index is -0.248. The van der Waals surface area contributed by atoms with Crippen LogP contribution in [0.1, 0.15) is 94.0 Å². The topological polar surface area (TPSA) is 78.0 Å². The number of piperazine rings is 1. The van der Waals surface area contributed by atoms with Gasteiger partial charge in [0.15, 0.2) is 0 Å². The first-order chi connectivity index (χ1) is 22.6. The van der Waals surface area contributed by atoms with Crippen LogP contribution in [0, 0.1) is 0 Å². The van der Waals surface area contributed by atoms with Crippen LogP contribution in [-0.4, -0.2) is 78.0 Å². The zero-order valence-corrected chi connectivity index (χ0v) is 29.0. The van der Waals surface area contributed by atoms with Crippen molar-refractivity contribution < 1.29 is 14.3 Å². The van der Waals surface area contributed by atoms with Gasteiger partial charge in [0.25, 0.3) is 0 Å². The number of para-hydroxylation sites is 1. The molecule has 2 amide bonds. The highest BCUT2D eigenvalue weighted by molar-refractivity contribution is 5.91. The lowest BCUT2D eigenvalue weighted by atomic mass is 9.71. The van der Waals surface area contributed by atoms with E-state index in [0.717, 1.165) is 79.9 Å². The summed E-state index contributed by atoms with van der Waals surface area (Å²) in [6.07, 6.45) is 7.30. The number of rotatable bonds is 11. The van der Waals surface area contributed by atoms with Crippen molar-refractivity contribution >= 4 is 17.7 Å². The molecule has 5 rings (SSSR count). The first-order valence-corrected chi connectivity index (χ1v) is 17.4. The zero-order chi connectivity index (χ0) is 33.4. The van der Waals surface area contributed by atoms with Gasteiger partial charge in [-0.1, -0.05) is 83.4 Å². The van der Waals surface area contributed by atoms with Crippen molar-refractivity contribution in [2.24, 2.45) is 0 Å². The Morgan fingerprint density at radius 2 is 1.53 bits per heavy atom. The summed E-state index contributed by atoms with van der Waals surface area (Å²) in [6.45, 7) is 13.6. The van der Waals surface area contributed by atoms with Crippen LogP contribution in [-0.2, 0) is 16.8 Å². The number of ether oxygens (including phenoxy) is 1. The average Bonchev–Trinajstić information content (AvgIpc) is 3.07. The SMILES string of the molecule is CC(C)c1cccc(C(C)C)c1NC(=O)N(Cc1ccc(OC(=O)CN2CCN(C)CC2)cc1)CC1(c2ccccn2)CCCCC1. The molecule has 2 fully saturated rings. The standard InChI is InChI=1S/C39H53N5O3/c1-29(2)33-12-11-13-34(30(3)4)37(33)41-38(46)44(28-39(19-8-6-9-20-39)35-14-7-10-21-40-35)26-31-15-17-32(18-16-31)47-36(45)27-43-24-22-42(5)23-25-43/h7,10-18,21,29-30H,6,8-9,19-20,22-28H2,1-5H3,(H,41,46). The number of pyridine rings is 1. The number of anilines is 1. The molecule has 1 aliphatic heterocycles. The van der Waals surface area contributed by atoms with Crippen LogP contribution in [0.5, 0.6) is 5.75 Å². The normalized spacial score (nSPS) is 17.1. The smallest absolute Gasteiger partial charge is 0.325 e. The van der Waals surface area contributed by atoms with Crippen molar-refractivity contribution in [1.29, 1.82) is 0 Å². The molecule has 2 aromatic carbocycles. The maximum atomic E-state index is 14.5. The predicted molar refractivity (Wildman–Crippen MR) is 189 cm³/mol. The van der Waals surface area contributed by atoms with Gasteiger partial charge in [-0.15, -0.1) is 0 Å². The number of nitrogens with zero attached hydrogens (tertiary/aromatic N) is 4. The van der Waals surface area contributed by atoms with E-state index >= 15 is 0 Å². The molecule has 1 saturated carbocycles. The van der Waals surface area contributed by atoms with Gasteiger partial charge in [0, 0.05) is 62.3 Å². The molecule has 1 N–H and O–H groups in total. The van der Waals surface area contributed by atoms with Crippen molar-refractivity contribution in [1.82, 2.24) is 19.7 Å². The molecule has 0 unspecified atom stereocenters. The Kier molecular flexibility index (Phi) is 11.7. The summed E-state index contributed by atoms with van der Waals surface area (Å²) in [4.78, 5) is 38.3. The fourth-order valence-electron chi connectivity index (χ4n) is 7.08. The van der Waals surface area contributed by atoms with Gasteiger partial charge in [0.2, 0.25) is 0 Å². The maximum Gasteiger partial charge on any atom is 0.325 e. The number of amides is 2. The van der Waals surface area contributed by atoms with Gasteiger partial charge >= 0.3 is 12.0 Å². The van der Waals surface area contributed by atoms with Crippen LogP contribution in [0.25, 0.3) is 0 Å². The van der Waals surface area contributed by atoms with E-state index in [4.69, 9.17) is 9.72 Å². The molecule has 0 atom stereocenters. The van der Waals surface area contributed by atoms with Crippen LogP contribution in [0.15, 0.2) is 66.9 Å². The summed E-state index contributed by atoms with van der Waals surface area (Å²) in [7, 11) is 2.10. The fraction of sp³-hybridized carbons (Fsp3) is 0.513. The van der Waals surface area contributed by atoms with E-state index < -0.39 is 0 Å². The Hall–Kier alpha value is -3.75. The number of esters is 1. The molecule has 3 aromatic rings. The number of likely N-dealkylation sites (N-methyl/N-ethyl adjacent to an activating group) is 1. The Morgan fingerprint density at radius 1 is 0.872 bits per heavy atom. The van der Waals surface area contributed by atoms with E-state index in [9.17, 15) is 9.59 Å². The number of carbonyl (C=O) groups is 2. The second-order valence-electron chi connectivity index (χ2n) is 14.2. The number of benzene rings is 2. The summed E-state index contributed by atoms with van der Waals surface area (Å²) < 4.78 is 5.70. The summed E-state index contributed by atoms with van der Waals surface area (Å²) in [6, 6.07) is 20.0. The van der Waals surface area contributed by atoms with E-state index in [0.29, 0.717) is 18.8 Å². The molecule has 1 aromatic heterocycles. The second kappa shape index (κ2) is 15.9. The average molecular weight is 640 g/mol. The molecule has 1 saturated heterocycles. The third kappa shape index (κ3) is 8.99. The molecule has 8 heteroatoms. The minimum absolute atomic E-state index is 0.108. The molecular weight excluding hydrogens is 586 g/mol. The summed E-state index contributed by atoms with van der Waals surface area (Å²) >= 11 is 0. The number of aromatic nitrogens is 1. The largest absolute Gasteiger partial charge is 0.426 e. The van der Waals surface area contributed by atoms with Crippen LogP contribution in [0.2, 0.25) is 0 Å². The summed E-state index contributed by atoms with van der Waals surface area (Å²) in [5.74, 6) is 0.806. The molecule has 0 spiro atoms. The Morgan fingerprint density at radius 3 is 2.13 bits per heavy atom. The van der Waals surface area contributed by atoms with E-state index in [1.807, 2.05) is 41.4 Å². The van der Waals surface area contributed by atoms with Gasteiger partial charge in [-0.05, 0) is 72.7 Å². The van der Waals surface area contributed by atoms with Gasteiger partial charge in [-0.3, -0.25) is 14.7 Å². The maximum absolute atomic E-state index is 14.5. The molecule has 1 aliphatic carbocycles. The molecule has 0 radical (unpaired) electrons. The monoisotopic (exact) mass is 639 g/mol. The van der Waals surface area contributed by atoms with Gasteiger partial charge in [0.05, 0.1) is 6.54 Å². The van der Waals surface area contributed by atoms with Crippen molar-refractivity contribution in [2.45, 2.75) is 83.6 Å². The first-order valence-electron chi connectivity index (χ1n) is 17.4. The number of nitrogens with one attached hydrogen (secondary N) is 1. The van der Waals surface area contributed by atoms with Crippen LogP contribution < -0.4 is 10.1 Å². The lowest BCUT2D eigenvalue weighted by Gasteiger charge is -2.41. The molecule has 2 aliphatic rings. The highest BCUT2D eigenvalue weighted by atomic mass is 16.5. The van der Waals surface area contributed by atoms with Crippen LogP contribution >= 0.6 is 0 Å². The van der Waals surface area contributed by atoms with Crippen molar-refractivity contribution in [2.75, 3.05) is 51.6 Å². The number of urea groups is 1. The first kappa shape index (κ1) is 34.6. The molecule has 0 bridgehead atoms. The van der Waals surface area contributed by atoms with E-state index in [2.05, 4.69) is 80.2 Å². The van der Waals surface area contributed by atoms with Gasteiger partial charge in [0.1, 0.15) is 5.75 Å². The number of carbonyl (C=O) groups excluding carboxylic acids is 2. The molecule has 8 nitrogen and oxygen atoms in total. The highest BCUT2D eigenvalue weighted by Gasteiger charge is 2.38. The molecule has 252 valence electrons. The Balaban J connectivity index is 1.38. The minimum Gasteiger partial charge on any atom is -0.426 e. The van der Waals surface area contributed by atoms with E-state index in [-0.39, 0.29) is 35.8 Å². The van der Waals surface area contributed by atoms with Crippen LogP contribution in [0.4, 0.5) is 10.5 Å². The summed E-state index contributed by atoms with van der Waals surface area (Å²) in [5.41, 5.74) is 5.03. The lowest BCUT2D eigenvalue weighted by molar-refractivity contribution is -0.136. The highest BCUT2D eigenvalue weighted by Crippen LogP contribution is 2.40. The zero-order valence-electron chi connectivity index (χ0n) is 29.0. The van der Waals surface area contributed by atoms with Gasteiger partial charge in [-0.25, -0.2) is 4.79 Å².